The minimum absolute atomic E-state index is 0.193. The summed E-state index contributed by atoms with van der Waals surface area (Å²) in [4.78, 5) is 12.6. The van der Waals surface area contributed by atoms with Crippen LogP contribution in [0.3, 0.4) is 0 Å². The average molecular weight is 470 g/mol. The van der Waals surface area contributed by atoms with E-state index < -0.39 is 0 Å². The summed E-state index contributed by atoms with van der Waals surface area (Å²) in [5, 5.41) is 12.3. The van der Waals surface area contributed by atoms with Gasteiger partial charge in [-0.1, -0.05) is 23.7 Å². The third kappa shape index (κ3) is 3.72. The third-order valence-electron chi connectivity index (χ3n) is 3.97. The van der Waals surface area contributed by atoms with Gasteiger partial charge < -0.3 is 5.32 Å². The van der Waals surface area contributed by atoms with Crippen LogP contribution in [0.5, 0.6) is 0 Å². The van der Waals surface area contributed by atoms with Crippen LogP contribution in [0, 0.1) is 17.4 Å². The van der Waals surface area contributed by atoms with Crippen LogP contribution in [-0.4, -0.2) is 25.5 Å². The van der Waals surface area contributed by atoms with Gasteiger partial charge in [0.25, 0.3) is 5.91 Å². The second-order valence-corrected chi connectivity index (χ2v) is 7.35. The molecule has 1 aromatic carbocycles. The largest absolute Gasteiger partial charge is 0.317 e. The smallest absolute Gasteiger partial charge is 0.275 e. The van der Waals surface area contributed by atoms with Crippen LogP contribution in [0.15, 0.2) is 30.5 Å². The summed E-state index contributed by atoms with van der Waals surface area (Å²) in [6.45, 7) is 4.44. The minimum Gasteiger partial charge on any atom is -0.317 e. The molecule has 25 heavy (non-hydrogen) atoms. The molecule has 0 aliphatic heterocycles. The number of hydrogen-bond donors (Lipinski definition) is 1. The van der Waals surface area contributed by atoms with E-state index in [1.165, 1.54) is 0 Å². The standard InChI is InChI=1S/C17H17ClIN5O/c1-10-15(21-17(25)16-14(19)8-20-23(16)3)11(2)24(22-10)9-12-4-6-13(18)7-5-12/h4-8H,9H2,1-3H3,(H,21,25). The van der Waals surface area contributed by atoms with E-state index in [0.29, 0.717) is 17.3 Å². The number of benzene rings is 1. The van der Waals surface area contributed by atoms with E-state index in [9.17, 15) is 4.79 Å². The zero-order chi connectivity index (χ0) is 18.1. The van der Waals surface area contributed by atoms with E-state index in [2.05, 4.69) is 38.1 Å². The van der Waals surface area contributed by atoms with Gasteiger partial charge in [0.2, 0.25) is 0 Å². The summed E-state index contributed by atoms with van der Waals surface area (Å²) in [6, 6.07) is 7.65. The molecule has 0 saturated carbocycles. The first-order chi connectivity index (χ1) is 11.9. The first-order valence-electron chi connectivity index (χ1n) is 7.64. The van der Waals surface area contributed by atoms with Crippen molar-refractivity contribution in [1.82, 2.24) is 19.6 Å². The molecule has 0 aliphatic rings. The highest BCUT2D eigenvalue weighted by atomic mass is 127. The van der Waals surface area contributed by atoms with Gasteiger partial charge in [-0.3, -0.25) is 14.2 Å². The van der Waals surface area contributed by atoms with Gasteiger partial charge >= 0.3 is 0 Å². The minimum atomic E-state index is -0.193. The lowest BCUT2D eigenvalue weighted by Crippen LogP contribution is -2.18. The Morgan fingerprint density at radius 1 is 1.28 bits per heavy atom. The zero-order valence-corrected chi connectivity index (χ0v) is 17.0. The molecule has 2 heterocycles. The topological polar surface area (TPSA) is 64.7 Å². The summed E-state index contributed by atoms with van der Waals surface area (Å²) in [7, 11) is 1.75. The summed E-state index contributed by atoms with van der Waals surface area (Å²) < 4.78 is 4.25. The number of rotatable bonds is 4. The second-order valence-electron chi connectivity index (χ2n) is 5.75. The van der Waals surface area contributed by atoms with Gasteiger partial charge in [0.1, 0.15) is 5.69 Å². The molecule has 0 fully saturated rings. The van der Waals surface area contributed by atoms with Crippen LogP contribution in [0.25, 0.3) is 0 Å². The van der Waals surface area contributed by atoms with Gasteiger partial charge in [-0.05, 0) is 54.1 Å². The summed E-state index contributed by atoms with van der Waals surface area (Å²) >= 11 is 8.03. The Kier molecular flexibility index (Phi) is 5.14. The predicted molar refractivity (Wildman–Crippen MR) is 106 cm³/mol. The lowest BCUT2D eigenvalue weighted by atomic mass is 10.2. The van der Waals surface area contributed by atoms with Crippen molar-refractivity contribution in [3.05, 3.63) is 61.7 Å². The lowest BCUT2D eigenvalue weighted by Gasteiger charge is -2.08. The van der Waals surface area contributed by atoms with E-state index in [-0.39, 0.29) is 5.91 Å². The van der Waals surface area contributed by atoms with Gasteiger partial charge in [0.05, 0.1) is 33.4 Å². The maximum Gasteiger partial charge on any atom is 0.275 e. The van der Waals surface area contributed by atoms with Crippen molar-refractivity contribution in [3.8, 4) is 0 Å². The molecule has 3 rings (SSSR count). The molecule has 1 N–H and O–H groups in total. The Labute approximate surface area is 164 Å². The van der Waals surface area contributed by atoms with Gasteiger partial charge in [-0.25, -0.2) is 0 Å². The Balaban J connectivity index is 1.84. The van der Waals surface area contributed by atoms with Crippen molar-refractivity contribution in [1.29, 1.82) is 0 Å². The SMILES string of the molecule is Cc1nn(Cc2ccc(Cl)cc2)c(C)c1NC(=O)c1c(I)cnn1C. The molecule has 0 atom stereocenters. The molecule has 0 unspecified atom stereocenters. The van der Waals surface area contributed by atoms with Crippen molar-refractivity contribution in [3.63, 3.8) is 0 Å². The highest BCUT2D eigenvalue weighted by Gasteiger charge is 2.19. The molecular weight excluding hydrogens is 453 g/mol. The monoisotopic (exact) mass is 469 g/mol. The van der Waals surface area contributed by atoms with Crippen LogP contribution in [0.1, 0.15) is 27.4 Å². The molecule has 3 aromatic rings. The molecular formula is C17H17ClIN5O. The first-order valence-corrected chi connectivity index (χ1v) is 9.09. The van der Waals surface area contributed by atoms with Crippen LogP contribution < -0.4 is 5.32 Å². The number of carbonyl (C=O) groups excluding carboxylic acids is 1. The Bertz CT molecular complexity index is 910. The fourth-order valence-electron chi connectivity index (χ4n) is 2.63. The van der Waals surface area contributed by atoms with Crippen molar-refractivity contribution in [2.75, 3.05) is 5.32 Å². The normalized spacial score (nSPS) is 10.9. The Morgan fingerprint density at radius 2 is 1.96 bits per heavy atom. The Hall–Kier alpha value is -1.87. The average Bonchev–Trinajstić information content (AvgIpc) is 3.03. The van der Waals surface area contributed by atoms with E-state index in [1.807, 2.05) is 42.8 Å². The molecule has 1 amide bonds. The molecule has 0 saturated heterocycles. The van der Waals surface area contributed by atoms with Crippen molar-refractivity contribution in [2.24, 2.45) is 7.05 Å². The van der Waals surface area contributed by atoms with Gasteiger partial charge in [0.15, 0.2) is 0 Å². The molecule has 8 heteroatoms. The van der Waals surface area contributed by atoms with Crippen molar-refractivity contribution in [2.45, 2.75) is 20.4 Å². The summed E-state index contributed by atoms with van der Waals surface area (Å²) in [5.41, 5.74) is 4.03. The molecule has 6 nitrogen and oxygen atoms in total. The molecule has 2 aromatic heterocycles. The number of amides is 1. The summed E-state index contributed by atoms with van der Waals surface area (Å²) in [5.74, 6) is -0.193. The van der Waals surface area contributed by atoms with Crippen LogP contribution in [0.4, 0.5) is 5.69 Å². The number of hydrogen-bond acceptors (Lipinski definition) is 3. The van der Waals surface area contributed by atoms with Crippen LogP contribution >= 0.6 is 34.2 Å². The number of anilines is 1. The number of aromatic nitrogens is 4. The number of halogens is 2. The molecule has 0 spiro atoms. The van der Waals surface area contributed by atoms with Crippen LogP contribution in [-0.2, 0) is 13.6 Å². The van der Waals surface area contributed by atoms with E-state index in [1.54, 1.807) is 17.9 Å². The molecule has 0 aliphatic carbocycles. The second kappa shape index (κ2) is 7.17. The number of aryl methyl sites for hydroxylation is 2. The van der Waals surface area contributed by atoms with E-state index >= 15 is 0 Å². The van der Waals surface area contributed by atoms with Gasteiger partial charge in [-0.15, -0.1) is 0 Å². The molecule has 0 radical (unpaired) electrons. The van der Waals surface area contributed by atoms with Gasteiger partial charge in [-0.2, -0.15) is 10.2 Å². The third-order valence-corrected chi connectivity index (χ3v) is 5.02. The first kappa shape index (κ1) is 17.9. The zero-order valence-electron chi connectivity index (χ0n) is 14.0. The fourth-order valence-corrected chi connectivity index (χ4v) is 3.48. The molecule has 130 valence electrons. The fraction of sp³-hybridized carbons (Fsp3) is 0.235. The van der Waals surface area contributed by atoms with E-state index in [0.717, 1.165) is 26.2 Å². The highest BCUT2D eigenvalue weighted by molar-refractivity contribution is 14.1. The van der Waals surface area contributed by atoms with Crippen molar-refractivity contribution < 1.29 is 4.79 Å². The maximum atomic E-state index is 12.6. The number of carbonyl (C=O) groups is 1. The number of nitrogens with one attached hydrogen (secondary N) is 1. The van der Waals surface area contributed by atoms with E-state index in [4.69, 9.17) is 11.6 Å². The van der Waals surface area contributed by atoms with Gasteiger partial charge in [0, 0.05) is 12.1 Å². The quantitative estimate of drug-likeness (QED) is 0.591. The van der Waals surface area contributed by atoms with Crippen LogP contribution in [0.2, 0.25) is 5.02 Å². The summed E-state index contributed by atoms with van der Waals surface area (Å²) in [6.07, 6.45) is 1.67. The Morgan fingerprint density at radius 3 is 2.56 bits per heavy atom. The maximum absolute atomic E-state index is 12.6. The highest BCUT2D eigenvalue weighted by Crippen LogP contribution is 2.22. The molecule has 0 bridgehead atoms. The van der Waals surface area contributed by atoms with Crippen molar-refractivity contribution >= 4 is 45.8 Å². The number of nitrogens with zero attached hydrogens (tertiary/aromatic N) is 4. The lowest BCUT2D eigenvalue weighted by molar-refractivity contribution is 0.101. The predicted octanol–water partition coefficient (Wildman–Crippen LogP) is 3.79.